The van der Waals surface area contributed by atoms with Crippen LogP contribution in [0.2, 0.25) is 0 Å². The second kappa shape index (κ2) is 11.9. The molecule has 4 aromatic rings. The zero-order valence-corrected chi connectivity index (χ0v) is 24.9. The molecule has 216 valence electrons. The molecule has 0 aliphatic carbocycles. The third-order valence-electron chi connectivity index (χ3n) is 8.52. The van der Waals surface area contributed by atoms with Crippen LogP contribution in [-0.2, 0) is 10.3 Å². The van der Waals surface area contributed by atoms with Crippen molar-refractivity contribution in [1.82, 2.24) is 0 Å². The largest absolute Gasteiger partial charge is 0.456 e. The van der Waals surface area contributed by atoms with E-state index in [1.54, 1.807) is 0 Å². The van der Waals surface area contributed by atoms with Gasteiger partial charge in [0.15, 0.2) is 5.60 Å². The number of aryl methyl sites for hydroxylation is 1. The number of nitrogens with one attached hydrogen (secondary N) is 1. The van der Waals surface area contributed by atoms with E-state index < -0.39 is 5.60 Å². The summed E-state index contributed by atoms with van der Waals surface area (Å²) in [6.07, 6.45) is 7.13. The van der Waals surface area contributed by atoms with Crippen molar-refractivity contribution in [3.8, 4) is 11.5 Å². The number of carbonyl (C=O) groups is 1. The average Bonchev–Trinajstić information content (AvgIpc) is 3.30. The molecule has 5 nitrogen and oxygen atoms in total. The summed E-state index contributed by atoms with van der Waals surface area (Å²) >= 11 is 0. The molecular weight excluding hydrogens is 520 g/mol. The summed E-state index contributed by atoms with van der Waals surface area (Å²) in [6.45, 7) is 8.59. The van der Waals surface area contributed by atoms with Crippen molar-refractivity contribution in [1.29, 1.82) is 0 Å². The summed E-state index contributed by atoms with van der Waals surface area (Å²) in [5.41, 5.74) is 6.24. The number of hydrogen-bond donors (Lipinski definition) is 1. The third kappa shape index (κ3) is 5.02. The summed E-state index contributed by atoms with van der Waals surface area (Å²) in [5.74, 6) is 1.12. The average molecular weight is 561 g/mol. The van der Waals surface area contributed by atoms with Crippen LogP contribution in [0.3, 0.4) is 0 Å². The summed E-state index contributed by atoms with van der Waals surface area (Å²) in [6, 6.07) is 28.5. The molecule has 0 saturated carbocycles. The van der Waals surface area contributed by atoms with Gasteiger partial charge in [0.2, 0.25) is 0 Å². The number of hydrogen-bond acceptors (Lipinski definition) is 5. The Morgan fingerprint density at radius 1 is 0.738 bits per heavy atom. The minimum atomic E-state index is -1.07. The van der Waals surface area contributed by atoms with Crippen LogP contribution in [0.4, 0.5) is 17.1 Å². The zero-order valence-electron chi connectivity index (χ0n) is 24.9. The Kier molecular flexibility index (Phi) is 7.92. The van der Waals surface area contributed by atoms with Crippen molar-refractivity contribution in [2.75, 3.05) is 23.3 Å². The Morgan fingerprint density at radius 3 is 2.17 bits per heavy atom. The first-order chi connectivity index (χ1) is 20.5. The van der Waals surface area contributed by atoms with Gasteiger partial charge in [0, 0.05) is 59.0 Å². The maximum Gasteiger partial charge on any atom is 0.340 e. The van der Waals surface area contributed by atoms with Crippen molar-refractivity contribution >= 4 is 23.0 Å². The molecule has 42 heavy (non-hydrogen) atoms. The van der Waals surface area contributed by atoms with Gasteiger partial charge in [0.25, 0.3) is 0 Å². The molecule has 4 aromatic carbocycles. The minimum Gasteiger partial charge on any atom is -0.456 e. The van der Waals surface area contributed by atoms with Gasteiger partial charge in [0.1, 0.15) is 11.5 Å². The second-order valence-electron chi connectivity index (χ2n) is 11.5. The lowest BCUT2D eigenvalue weighted by atomic mass is 9.77. The fraction of sp³-hybridized carbons (Fsp3) is 0.324. The molecule has 1 atom stereocenters. The van der Waals surface area contributed by atoms with E-state index in [0.717, 1.165) is 71.0 Å². The van der Waals surface area contributed by atoms with Gasteiger partial charge in [0.05, 0.1) is 5.56 Å². The Morgan fingerprint density at radius 2 is 1.43 bits per heavy atom. The van der Waals surface area contributed by atoms with E-state index in [1.165, 1.54) is 25.7 Å². The quantitative estimate of drug-likeness (QED) is 0.146. The first-order valence-electron chi connectivity index (χ1n) is 15.4. The van der Waals surface area contributed by atoms with E-state index in [-0.39, 0.29) is 5.97 Å². The topological polar surface area (TPSA) is 50.8 Å². The van der Waals surface area contributed by atoms with Crippen molar-refractivity contribution in [3.05, 3.63) is 113 Å². The molecule has 0 amide bonds. The van der Waals surface area contributed by atoms with Gasteiger partial charge in [-0.3, -0.25) is 0 Å². The van der Waals surface area contributed by atoms with Crippen LogP contribution >= 0.6 is 0 Å². The van der Waals surface area contributed by atoms with Crippen LogP contribution in [0.25, 0.3) is 0 Å². The predicted molar refractivity (Wildman–Crippen MR) is 170 cm³/mol. The number of ether oxygens (including phenoxy) is 2. The van der Waals surface area contributed by atoms with Gasteiger partial charge in [-0.1, -0.05) is 75.9 Å². The highest BCUT2D eigenvalue weighted by Gasteiger charge is 2.53. The van der Waals surface area contributed by atoms with Crippen molar-refractivity contribution < 1.29 is 14.3 Å². The monoisotopic (exact) mass is 560 g/mol. The van der Waals surface area contributed by atoms with Crippen molar-refractivity contribution in [2.45, 2.75) is 64.9 Å². The highest BCUT2D eigenvalue weighted by atomic mass is 16.6. The molecule has 6 rings (SSSR count). The van der Waals surface area contributed by atoms with E-state index in [1.807, 2.05) is 60.7 Å². The van der Waals surface area contributed by atoms with Gasteiger partial charge in [-0.05, 0) is 61.7 Å². The van der Waals surface area contributed by atoms with E-state index in [2.05, 4.69) is 55.3 Å². The lowest BCUT2D eigenvalue weighted by Gasteiger charge is -2.38. The number of unbranched alkanes of at least 4 members (excludes halogenated alkanes) is 4. The first kappa shape index (κ1) is 27.9. The van der Waals surface area contributed by atoms with Crippen LogP contribution in [0.5, 0.6) is 11.5 Å². The number of nitrogens with zero attached hydrogens (tertiary/aromatic N) is 1. The van der Waals surface area contributed by atoms with Crippen LogP contribution in [0, 0.1) is 6.92 Å². The van der Waals surface area contributed by atoms with Gasteiger partial charge in [-0.25, -0.2) is 4.79 Å². The van der Waals surface area contributed by atoms with E-state index >= 15 is 0 Å². The molecule has 0 aromatic heterocycles. The number of fused-ring (bicyclic) bond motifs is 6. The summed E-state index contributed by atoms with van der Waals surface area (Å²) in [7, 11) is 0. The maximum absolute atomic E-state index is 13.3. The molecule has 2 aliphatic heterocycles. The molecule has 5 heteroatoms. The van der Waals surface area contributed by atoms with Crippen LogP contribution < -0.4 is 15.0 Å². The number of rotatable bonds is 11. The smallest absolute Gasteiger partial charge is 0.340 e. The Bertz CT molecular complexity index is 1570. The minimum absolute atomic E-state index is 0.307. The van der Waals surface area contributed by atoms with Gasteiger partial charge < -0.3 is 19.7 Å². The second-order valence-corrected chi connectivity index (χ2v) is 11.5. The molecule has 0 bridgehead atoms. The fourth-order valence-corrected chi connectivity index (χ4v) is 6.30. The Balaban J connectivity index is 1.47. The number of carbonyl (C=O) groups excluding carboxylic acids is 1. The van der Waals surface area contributed by atoms with E-state index in [9.17, 15) is 4.79 Å². The van der Waals surface area contributed by atoms with Crippen molar-refractivity contribution in [3.63, 3.8) is 0 Å². The van der Waals surface area contributed by atoms with Crippen LogP contribution in [0.1, 0.15) is 85.0 Å². The molecule has 1 unspecified atom stereocenters. The normalized spacial score (nSPS) is 16.3. The zero-order chi connectivity index (χ0) is 29.1. The molecule has 2 heterocycles. The molecular formula is C37H40N2O3. The number of benzene rings is 4. The van der Waals surface area contributed by atoms with E-state index in [0.29, 0.717) is 11.3 Å². The molecule has 0 fully saturated rings. The Hall–Kier alpha value is -4.25. The number of esters is 1. The molecule has 1 N–H and O–H groups in total. The molecule has 2 aliphatic rings. The maximum atomic E-state index is 13.3. The third-order valence-corrected chi connectivity index (χ3v) is 8.52. The van der Waals surface area contributed by atoms with Gasteiger partial charge >= 0.3 is 5.97 Å². The van der Waals surface area contributed by atoms with Crippen molar-refractivity contribution in [2.24, 2.45) is 0 Å². The predicted octanol–water partition coefficient (Wildman–Crippen LogP) is 9.49. The number of para-hydroxylation sites is 1. The summed E-state index contributed by atoms with van der Waals surface area (Å²) in [5, 5.41) is 3.54. The number of anilines is 3. The van der Waals surface area contributed by atoms with Crippen LogP contribution in [0.15, 0.2) is 84.9 Å². The lowest BCUT2D eigenvalue weighted by molar-refractivity contribution is 0.0224. The van der Waals surface area contributed by atoms with E-state index in [4.69, 9.17) is 9.47 Å². The fourth-order valence-electron chi connectivity index (χ4n) is 6.30. The molecule has 1 spiro atoms. The molecule has 0 radical (unpaired) electrons. The van der Waals surface area contributed by atoms with Crippen LogP contribution in [-0.4, -0.2) is 19.1 Å². The highest BCUT2D eigenvalue weighted by Crippen LogP contribution is 2.57. The first-order valence-corrected chi connectivity index (χ1v) is 15.4. The standard InChI is InChI=1S/C37H40N2O3/c1-4-6-13-21-39(22-14-7-5-2)28-19-20-31-34(24-28)41-35-25-33(38-27-15-9-8-10-16-27)26(3)23-32(35)37(31)30-18-12-11-17-29(30)36(40)42-37/h8-12,15-20,23-25,38H,4-7,13-14,21-22H2,1-3H3. The lowest BCUT2D eigenvalue weighted by Crippen LogP contribution is -2.33. The van der Waals surface area contributed by atoms with Gasteiger partial charge in [-0.2, -0.15) is 0 Å². The highest BCUT2D eigenvalue weighted by molar-refractivity contribution is 5.97. The summed E-state index contributed by atoms with van der Waals surface area (Å²) in [4.78, 5) is 15.8. The Labute approximate surface area is 249 Å². The molecule has 0 saturated heterocycles. The van der Waals surface area contributed by atoms with Gasteiger partial charge in [-0.15, -0.1) is 0 Å². The summed E-state index contributed by atoms with van der Waals surface area (Å²) < 4.78 is 13.2. The SMILES string of the molecule is CCCCCN(CCCCC)c1ccc2c(c1)Oc1cc(Nc3ccccc3)c(C)cc1C21OC(=O)c2ccccc21.